The summed E-state index contributed by atoms with van der Waals surface area (Å²) in [6, 6.07) is 0. The van der Waals surface area contributed by atoms with Gasteiger partial charge in [-0.15, -0.1) is 0 Å². The van der Waals surface area contributed by atoms with Gasteiger partial charge in [0.05, 0.1) is 0 Å². The minimum Gasteiger partial charge on any atom is -0.345 e. The van der Waals surface area contributed by atoms with E-state index in [0.29, 0.717) is 26.4 Å². The molecular formula is C13H26O4S. The summed E-state index contributed by atoms with van der Waals surface area (Å²) in [4.78, 5) is 0. The van der Waals surface area contributed by atoms with Crippen LogP contribution in [0.3, 0.4) is 0 Å². The van der Waals surface area contributed by atoms with Gasteiger partial charge in [0.25, 0.3) is 5.12 Å². The van der Waals surface area contributed by atoms with E-state index < -0.39 is 10.9 Å². The summed E-state index contributed by atoms with van der Waals surface area (Å²) in [6.07, 6.45) is 1.86. The molecule has 0 saturated carbocycles. The lowest BCUT2D eigenvalue weighted by Gasteiger charge is -2.49. The second kappa shape index (κ2) is 7.70. The van der Waals surface area contributed by atoms with Gasteiger partial charge in [-0.3, -0.25) is 0 Å². The smallest absolute Gasteiger partial charge is 0.274 e. The van der Waals surface area contributed by atoms with E-state index in [0.717, 1.165) is 18.6 Å². The summed E-state index contributed by atoms with van der Waals surface area (Å²) in [7, 11) is 0. The number of hydrogen-bond donors (Lipinski definition) is 0. The predicted molar refractivity (Wildman–Crippen MR) is 73.7 cm³/mol. The molecular weight excluding hydrogens is 252 g/mol. The highest BCUT2D eigenvalue weighted by Crippen LogP contribution is 2.48. The van der Waals surface area contributed by atoms with Crippen LogP contribution in [-0.4, -0.2) is 43.1 Å². The monoisotopic (exact) mass is 278 g/mol. The average molecular weight is 278 g/mol. The highest BCUT2D eigenvalue weighted by Gasteiger charge is 2.58. The minimum atomic E-state index is -0.833. The maximum absolute atomic E-state index is 5.94. The van der Waals surface area contributed by atoms with Crippen molar-refractivity contribution in [1.29, 1.82) is 0 Å². The van der Waals surface area contributed by atoms with Gasteiger partial charge in [0, 0.05) is 32.8 Å². The van der Waals surface area contributed by atoms with Crippen LogP contribution in [-0.2, 0) is 18.9 Å². The van der Waals surface area contributed by atoms with Gasteiger partial charge in [-0.2, -0.15) is 0 Å². The van der Waals surface area contributed by atoms with Crippen LogP contribution in [0.4, 0.5) is 0 Å². The summed E-state index contributed by atoms with van der Waals surface area (Å²) in [5.41, 5.74) is 0. The number of ether oxygens (including phenoxy) is 4. The first kappa shape index (κ1) is 16.2. The first-order chi connectivity index (χ1) is 8.70. The van der Waals surface area contributed by atoms with Crippen LogP contribution in [0.5, 0.6) is 0 Å². The van der Waals surface area contributed by atoms with E-state index in [4.69, 9.17) is 18.9 Å². The highest BCUT2D eigenvalue weighted by atomic mass is 32.2. The Bertz CT molecular complexity index is 188. The lowest BCUT2D eigenvalue weighted by atomic mass is 10.1. The Morgan fingerprint density at radius 2 is 1.33 bits per heavy atom. The molecule has 1 saturated heterocycles. The molecule has 0 aliphatic carbocycles. The molecule has 0 atom stereocenters. The molecule has 0 aromatic heterocycles. The second-order valence-corrected chi connectivity index (χ2v) is 5.23. The van der Waals surface area contributed by atoms with Crippen LogP contribution in [0.2, 0.25) is 0 Å². The summed E-state index contributed by atoms with van der Waals surface area (Å²) in [6.45, 7) is 10.2. The average Bonchev–Trinajstić information content (AvgIpc) is 2.34. The third-order valence-corrected chi connectivity index (χ3v) is 4.25. The van der Waals surface area contributed by atoms with Crippen LogP contribution < -0.4 is 0 Å². The molecule has 0 bridgehead atoms. The zero-order valence-electron chi connectivity index (χ0n) is 12.0. The molecule has 1 aliphatic rings. The van der Waals surface area contributed by atoms with E-state index >= 15 is 0 Å². The van der Waals surface area contributed by atoms with E-state index in [2.05, 4.69) is 0 Å². The normalized spacial score (nSPS) is 22.0. The molecule has 0 unspecified atom stereocenters. The quantitative estimate of drug-likeness (QED) is 0.638. The molecule has 1 aliphatic heterocycles. The van der Waals surface area contributed by atoms with Crippen molar-refractivity contribution in [3.8, 4) is 0 Å². The molecule has 1 rings (SSSR count). The highest BCUT2D eigenvalue weighted by molar-refractivity contribution is 8.00. The molecule has 5 heteroatoms. The molecule has 0 N–H and O–H groups in total. The number of hydrogen-bond acceptors (Lipinski definition) is 5. The molecule has 1 fully saturated rings. The standard InChI is InChI=1S/C13H26O4S/c1-5-14-12(15-6-2)10-9-11-18-13(12,16-7-3)17-8-4/h5-11H2,1-4H3. The summed E-state index contributed by atoms with van der Waals surface area (Å²) >= 11 is 1.65. The summed E-state index contributed by atoms with van der Waals surface area (Å²) in [5.74, 6) is 0.216. The van der Waals surface area contributed by atoms with Gasteiger partial charge in [-0.05, 0) is 39.9 Å². The molecule has 0 aromatic rings. The van der Waals surface area contributed by atoms with E-state index in [1.165, 1.54) is 0 Å². The van der Waals surface area contributed by atoms with E-state index in [1.54, 1.807) is 11.8 Å². The van der Waals surface area contributed by atoms with Crippen LogP contribution in [0.1, 0.15) is 40.5 Å². The summed E-state index contributed by atoms with van der Waals surface area (Å²) in [5, 5.41) is -0.833. The molecule has 18 heavy (non-hydrogen) atoms. The fraction of sp³-hybridized carbons (Fsp3) is 1.00. The van der Waals surface area contributed by atoms with Crippen LogP contribution in [0.15, 0.2) is 0 Å². The Hall–Kier alpha value is 0.190. The SMILES string of the molecule is CCOC1(OCC)CCCSC1(OCC)OCC. The van der Waals surface area contributed by atoms with E-state index in [1.807, 2.05) is 27.7 Å². The largest absolute Gasteiger partial charge is 0.345 e. The van der Waals surface area contributed by atoms with Crippen molar-refractivity contribution in [1.82, 2.24) is 0 Å². The van der Waals surface area contributed by atoms with Gasteiger partial charge in [0.2, 0.25) is 5.79 Å². The van der Waals surface area contributed by atoms with E-state index in [9.17, 15) is 0 Å². The molecule has 1 heterocycles. The first-order valence-corrected chi connectivity index (χ1v) is 7.88. The molecule has 4 nitrogen and oxygen atoms in total. The molecule has 0 radical (unpaired) electrons. The lowest BCUT2D eigenvalue weighted by Crippen LogP contribution is -2.61. The third kappa shape index (κ3) is 3.20. The van der Waals surface area contributed by atoms with Gasteiger partial charge < -0.3 is 18.9 Å². The Kier molecular flexibility index (Phi) is 6.95. The van der Waals surface area contributed by atoms with Gasteiger partial charge in [0.1, 0.15) is 0 Å². The molecule has 0 aromatic carbocycles. The predicted octanol–water partition coefficient (Wildman–Crippen LogP) is 3.01. The molecule has 0 spiro atoms. The van der Waals surface area contributed by atoms with Crippen molar-refractivity contribution < 1.29 is 18.9 Å². The van der Waals surface area contributed by atoms with Crippen molar-refractivity contribution in [2.45, 2.75) is 51.4 Å². The van der Waals surface area contributed by atoms with Crippen LogP contribution in [0.25, 0.3) is 0 Å². The zero-order chi connectivity index (χ0) is 13.5. The van der Waals surface area contributed by atoms with Gasteiger partial charge in [-0.25, -0.2) is 0 Å². The minimum absolute atomic E-state index is 0.578. The number of rotatable bonds is 8. The Morgan fingerprint density at radius 3 is 1.78 bits per heavy atom. The Morgan fingerprint density at radius 1 is 0.833 bits per heavy atom. The molecule has 0 amide bonds. The maximum atomic E-state index is 5.94. The third-order valence-electron chi connectivity index (χ3n) is 2.83. The zero-order valence-corrected chi connectivity index (χ0v) is 12.8. The van der Waals surface area contributed by atoms with Crippen LogP contribution >= 0.6 is 11.8 Å². The fourth-order valence-electron chi connectivity index (χ4n) is 2.33. The lowest BCUT2D eigenvalue weighted by molar-refractivity contribution is -0.372. The summed E-state index contributed by atoms with van der Waals surface area (Å²) < 4.78 is 23.7. The van der Waals surface area contributed by atoms with Gasteiger partial charge >= 0.3 is 0 Å². The van der Waals surface area contributed by atoms with E-state index in [-0.39, 0.29) is 0 Å². The van der Waals surface area contributed by atoms with Gasteiger partial charge in [-0.1, -0.05) is 11.8 Å². The van der Waals surface area contributed by atoms with Crippen LogP contribution in [0, 0.1) is 0 Å². The topological polar surface area (TPSA) is 36.9 Å². The van der Waals surface area contributed by atoms with Crippen molar-refractivity contribution in [3.05, 3.63) is 0 Å². The maximum Gasteiger partial charge on any atom is 0.274 e. The van der Waals surface area contributed by atoms with Crippen molar-refractivity contribution in [2.75, 3.05) is 32.2 Å². The first-order valence-electron chi connectivity index (χ1n) is 6.90. The Balaban J connectivity index is 3.02. The second-order valence-electron chi connectivity index (χ2n) is 3.99. The number of thioether (sulfide) groups is 1. The Labute approximate surface area is 115 Å². The van der Waals surface area contributed by atoms with Crippen molar-refractivity contribution in [2.24, 2.45) is 0 Å². The van der Waals surface area contributed by atoms with Crippen molar-refractivity contribution >= 4 is 11.8 Å². The van der Waals surface area contributed by atoms with Gasteiger partial charge in [0.15, 0.2) is 0 Å². The van der Waals surface area contributed by atoms with Crippen molar-refractivity contribution in [3.63, 3.8) is 0 Å². The fourth-order valence-corrected chi connectivity index (χ4v) is 3.73. The molecule has 108 valence electrons.